The molecular weight excluding hydrogens is 288 g/mol. The lowest BCUT2D eigenvalue weighted by atomic mass is 10.1. The summed E-state index contributed by atoms with van der Waals surface area (Å²) in [6, 6.07) is 15.3. The van der Waals surface area contributed by atoms with E-state index in [4.69, 9.17) is 5.73 Å². The quantitative estimate of drug-likeness (QED) is 0.770. The van der Waals surface area contributed by atoms with Crippen molar-refractivity contribution in [3.05, 3.63) is 54.2 Å². The Labute approximate surface area is 128 Å². The van der Waals surface area contributed by atoms with Crippen LogP contribution in [0.3, 0.4) is 0 Å². The largest absolute Gasteiger partial charge is 0.327 e. The van der Waals surface area contributed by atoms with Gasteiger partial charge in [-0.05, 0) is 35.6 Å². The molecule has 1 aliphatic rings. The number of pyridine rings is 1. The van der Waals surface area contributed by atoms with Gasteiger partial charge in [0.1, 0.15) is 0 Å². The minimum absolute atomic E-state index is 0. The Morgan fingerprint density at radius 2 is 1.95 bits per heavy atom. The first-order valence-electron chi connectivity index (χ1n) is 6.52. The van der Waals surface area contributed by atoms with Crippen molar-refractivity contribution in [2.45, 2.75) is 18.4 Å². The summed E-state index contributed by atoms with van der Waals surface area (Å²) in [5.74, 6) is 0.531. The molecule has 1 aromatic carbocycles. The van der Waals surface area contributed by atoms with Crippen LogP contribution < -0.4 is 5.73 Å². The molecule has 102 valence electrons. The number of fused-ring (bicyclic) bond motifs is 1. The van der Waals surface area contributed by atoms with Gasteiger partial charge in [0.05, 0.1) is 10.6 Å². The third kappa shape index (κ3) is 2.33. The van der Waals surface area contributed by atoms with E-state index in [-0.39, 0.29) is 12.4 Å². The van der Waals surface area contributed by atoms with Crippen molar-refractivity contribution < 1.29 is 0 Å². The summed E-state index contributed by atoms with van der Waals surface area (Å²) in [4.78, 5) is 5.82. The van der Waals surface area contributed by atoms with Gasteiger partial charge in [0, 0.05) is 22.9 Å². The maximum atomic E-state index is 5.87. The lowest BCUT2D eigenvalue weighted by Gasteiger charge is -2.00. The van der Waals surface area contributed by atoms with Crippen LogP contribution in [0, 0.1) is 0 Å². The van der Waals surface area contributed by atoms with Gasteiger partial charge in [-0.1, -0.05) is 24.3 Å². The molecule has 0 aliphatic heterocycles. The number of nitrogens with two attached hydrogens (primary N) is 1. The van der Waals surface area contributed by atoms with Crippen molar-refractivity contribution in [2.24, 2.45) is 5.73 Å². The van der Waals surface area contributed by atoms with Crippen LogP contribution in [-0.4, -0.2) is 11.0 Å². The number of hydrogen-bond donors (Lipinski definition) is 1. The van der Waals surface area contributed by atoms with Crippen LogP contribution >= 0.6 is 23.7 Å². The van der Waals surface area contributed by atoms with E-state index in [9.17, 15) is 0 Å². The van der Waals surface area contributed by atoms with Gasteiger partial charge in [0.25, 0.3) is 0 Å². The topological polar surface area (TPSA) is 38.9 Å². The highest BCUT2D eigenvalue weighted by atomic mass is 35.5. The van der Waals surface area contributed by atoms with E-state index in [1.165, 1.54) is 20.5 Å². The molecule has 2 nitrogen and oxygen atoms in total. The standard InChI is InChI=1S/C16H14N2S.ClH/c17-13-8-12(13)11-5-6-14(18-9-11)16-7-10-3-1-2-4-15(10)19-16;/h1-7,9,12-13H,8,17H2;1H. The van der Waals surface area contributed by atoms with E-state index >= 15 is 0 Å². The fourth-order valence-corrected chi connectivity index (χ4v) is 3.52. The van der Waals surface area contributed by atoms with E-state index in [2.05, 4.69) is 47.4 Å². The van der Waals surface area contributed by atoms with Gasteiger partial charge in [0.2, 0.25) is 0 Å². The second kappa shape index (κ2) is 5.17. The molecule has 4 heteroatoms. The highest BCUT2D eigenvalue weighted by Gasteiger charge is 2.34. The Balaban J connectivity index is 0.00000121. The molecule has 0 spiro atoms. The van der Waals surface area contributed by atoms with Crippen LogP contribution in [0.4, 0.5) is 0 Å². The number of rotatable bonds is 2. The van der Waals surface area contributed by atoms with Crippen LogP contribution in [0.25, 0.3) is 20.7 Å². The van der Waals surface area contributed by atoms with Gasteiger partial charge in [-0.25, -0.2) is 0 Å². The number of halogens is 1. The van der Waals surface area contributed by atoms with E-state index < -0.39 is 0 Å². The Bertz CT molecular complexity index is 703. The molecule has 2 N–H and O–H groups in total. The molecule has 1 fully saturated rings. The van der Waals surface area contributed by atoms with E-state index in [1.54, 1.807) is 11.3 Å². The normalized spacial score (nSPS) is 20.6. The highest BCUT2D eigenvalue weighted by molar-refractivity contribution is 7.22. The van der Waals surface area contributed by atoms with Gasteiger partial charge < -0.3 is 5.73 Å². The third-order valence-electron chi connectivity index (χ3n) is 3.73. The highest BCUT2D eigenvalue weighted by Crippen LogP contribution is 2.39. The SMILES string of the molecule is Cl.NC1CC1c1ccc(-c2cc3ccccc3s2)nc1. The number of hydrogen-bond acceptors (Lipinski definition) is 3. The monoisotopic (exact) mass is 302 g/mol. The first-order valence-corrected chi connectivity index (χ1v) is 7.33. The Kier molecular flexibility index (Phi) is 3.50. The molecule has 1 saturated carbocycles. The summed E-state index contributed by atoms with van der Waals surface area (Å²) in [5, 5.41) is 1.29. The summed E-state index contributed by atoms with van der Waals surface area (Å²) >= 11 is 1.79. The molecule has 1 aliphatic carbocycles. The smallest absolute Gasteiger partial charge is 0.0802 e. The average Bonchev–Trinajstić information content (AvgIpc) is 3.02. The minimum atomic E-state index is 0. The van der Waals surface area contributed by atoms with Gasteiger partial charge in [0.15, 0.2) is 0 Å². The Morgan fingerprint density at radius 1 is 1.15 bits per heavy atom. The molecule has 2 atom stereocenters. The summed E-state index contributed by atoms with van der Waals surface area (Å²) in [7, 11) is 0. The van der Waals surface area contributed by atoms with Crippen molar-refractivity contribution in [1.29, 1.82) is 0 Å². The summed E-state index contributed by atoms with van der Waals surface area (Å²) in [6.07, 6.45) is 3.08. The molecule has 0 bridgehead atoms. The third-order valence-corrected chi connectivity index (χ3v) is 4.87. The molecule has 4 rings (SSSR count). The molecule has 20 heavy (non-hydrogen) atoms. The van der Waals surface area contributed by atoms with Crippen LogP contribution in [-0.2, 0) is 0 Å². The molecule has 0 saturated heterocycles. The Hall–Kier alpha value is -1.42. The van der Waals surface area contributed by atoms with Gasteiger partial charge in [-0.3, -0.25) is 4.98 Å². The Morgan fingerprint density at radius 3 is 2.60 bits per heavy atom. The molecule has 3 aromatic rings. The summed E-state index contributed by atoms with van der Waals surface area (Å²) < 4.78 is 1.31. The predicted molar refractivity (Wildman–Crippen MR) is 87.6 cm³/mol. The van der Waals surface area contributed by atoms with E-state index in [0.717, 1.165) is 12.1 Å². The molecule has 2 unspecified atom stereocenters. The van der Waals surface area contributed by atoms with Crippen molar-refractivity contribution in [3.8, 4) is 10.6 Å². The zero-order chi connectivity index (χ0) is 12.8. The van der Waals surface area contributed by atoms with Gasteiger partial charge in [-0.15, -0.1) is 23.7 Å². The van der Waals surface area contributed by atoms with Crippen LogP contribution in [0.2, 0.25) is 0 Å². The zero-order valence-electron chi connectivity index (χ0n) is 10.8. The fraction of sp³-hybridized carbons (Fsp3) is 0.188. The first-order chi connectivity index (χ1) is 9.31. The summed E-state index contributed by atoms with van der Waals surface area (Å²) in [6.45, 7) is 0. The van der Waals surface area contributed by atoms with Gasteiger partial charge >= 0.3 is 0 Å². The molecule has 0 amide bonds. The summed E-state index contributed by atoms with van der Waals surface area (Å²) in [5.41, 5.74) is 8.20. The van der Waals surface area contributed by atoms with Crippen LogP contribution in [0.15, 0.2) is 48.7 Å². The van der Waals surface area contributed by atoms with E-state index in [1.807, 2.05) is 6.20 Å². The van der Waals surface area contributed by atoms with Crippen molar-refractivity contribution >= 4 is 33.8 Å². The number of benzene rings is 1. The predicted octanol–water partition coefficient (Wildman–Crippen LogP) is 4.20. The van der Waals surface area contributed by atoms with E-state index in [0.29, 0.717) is 12.0 Å². The van der Waals surface area contributed by atoms with Crippen molar-refractivity contribution in [2.75, 3.05) is 0 Å². The van der Waals surface area contributed by atoms with Crippen LogP contribution in [0.1, 0.15) is 17.9 Å². The van der Waals surface area contributed by atoms with Crippen molar-refractivity contribution in [1.82, 2.24) is 4.98 Å². The maximum Gasteiger partial charge on any atom is 0.0802 e. The number of aromatic nitrogens is 1. The molecule has 2 aromatic heterocycles. The second-order valence-corrected chi connectivity index (χ2v) is 6.22. The number of thiophene rings is 1. The van der Waals surface area contributed by atoms with Crippen molar-refractivity contribution in [3.63, 3.8) is 0 Å². The fourth-order valence-electron chi connectivity index (χ4n) is 2.48. The zero-order valence-corrected chi connectivity index (χ0v) is 12.5. The molecule has 0 radical (unpaired) electrons. The average molecular weight is 303 g/mol. The lowest BCUT2D eigenvalue weighted by Crippen LogP contribution is -2.01. The van der Waals surface area contributed by atoms with Gasteiger partial charge in [-0.2, -0.15) is 0 Å². The lowest BCUT2D eigenvalue weighted by molar-refractivity contribution is 0.981. The second-order valence-electron chi connectivity index (χ2n) is 5.13. The molecular formula is C16H15ClN2S. The maximum absolute atomic E-state index is 5.87. The number of nitrogens with zero attached hydrogens (tertiary/aromatic N) is 1. The first kappa shape index (κ1) is 13.6. The molecule has 2 heterocycles. The van der Waals surface area contributed by atoms with Crippen LogP contribution in [0.5, 0.6) is 0 Å². The minimum Gasteiger partial charge on any atom is -0.327 e.